The molecule has 0 unspecified atom stereocenters. The second kappa shape index (κ2) is 13.8. The van der Waals surface area contributed by atoms with Gasteiger partial charge in [-0.1, -0.05) is 133 Å². The average Bonchev–Trinajstić information content (AvgIpc) is 4.12. The lowest BCUT2D eigenvalue weighted by Crippen LogP contribution is -2.00. The van der Waals surface area contributed by atoms with Gasteiger partial charge in [-0.05, 0) is 71.8 Å². The maximum Gasteiger partial charge on any atom is 0.164 e. The first-order valence-corrected chi connectivity index (χ1v) is 23.0. The zero-order valence-electron chi connectivity index (χ0n) is 34.0. The van der Waals surface area contributed by atoms with Crippen molar-refractivity contribution >= 4 is 107 Å². The van der Waals surface area contributed by atoms with E-state index in [1.165, 1.54) is 67.9 Å². The number of hydrogen-bond acceptors (Lipinski definition) is 6. The predicted molar refractivity (Wildman–Crippen MR) is 269 cm³/mol. The normalized spacial score (nSPS) is 12.1. The molecule has 64 heavy (non-hydrogen) atoms. The van der Waals surface area contributed by atoms with Gasteiger partial charge in [0.2, 0.25) is 0 Å². The van der Waals surface area contributed by atoms with Crippen LogP contribution in [0.1, 0.15) is 0 Å². The molecule has 0 bridgehead atoms. The summed E-state index contributed by atoms with van der Waals surface area (Å²) in [5, 5.41) is 9.58. The Hall–Kier alpha value is -7.97. The Morgan fingerprint density at radius 3 is 1.95 bits per heavy atom. The van der Waals surface area contributed by atoms with Crippen LogP contribution in [0.4, 0.5) is 0 Å². The van der Waals surface area contributed by atoms with Crippen LogP contribution in [-0.2, 0) is 0 Å². The van der Waals surface area contributed by atoms with Crippen LogP contribution in [0.5, 0.6) is 0 Å². The van der Waals surface area contributed by atoms with Gasteiger partial charge in [0.15, 0.2) is 17.5 Å². The third-order valence-electron chi connectivity index (χ3n) is 12.7. The van der Waals surface area contributed by atoms with E-state index in [1.54, 1.807) is 11.3 Å². The fourth-order valence-electron chi connectivity index (χ4n) is 9.74. The van der Waals surface area contributed by atoms with E-state index in [-0.39, 0.29) is 0 Å². The fraction of sp³-hybridized carbons (Fsp3) is 0. The molecule has 5 aromatic heterocycles. The maximum absolute atomic E-state index is 6.30. The van der Waals surface area contributed by atoms with Gasteiger partial charge in [-0.15, -0.1) is 22.7 Å². The van der Waals surface area contributed by atoms with E-state index in [0.717, 1.165) is 49.7 Å². The Morgan fingerprint density at radius 2 is 1.03 bits per heavy atom. The first-order valence-electron chi connectivity index (χ1n) is 21.3. The summed E-state index contributed by atoms with van der Waals surface area (Å²) in [5.74, 6) is 1.85. The largest absolute Gasteiger partial charge is 0.456 e. The lowest BCUT2D eigenvalue weighted by atomic mass is 10.0. The Bertz CT molecular complexity index is 4210. The number of benzene rings is 9. The lowest BCUT2D eigenvalue weighted by molar-refractivity contribution is 0.669. The highest BCUT2D eigenvalue weighted by molar-refractivity contribution is 7.26. The van der Waals surface area contributed by atoms with Crippen LogP contribution < -0.4 is 0 Å². The molecule has 0 aliphatic heterocycles. The van der Waals surface area contributed by atoms with Crippen LogP contribution in [0, 0.1) is 0 Å². The number of rotatable bonds is 5. The van der Waals surface area contributed by atoms with E-state index >= 15 is 0 Å². The minimum atomic E-state index is 0.597. The Kier molecular flexibility index (Phi) is 7.66. The molecular formula is C57H32N4OS2. The van der Waals surface area contributed by atoms with Gasteiger partial charge >= 0.3 is 0 Å². The third kappa shape index (κ3) is 5.38. The van der Waals surface area contributed by atoms with Crippen molar-refractivity contribution < 1.29 is 4.42 Å². The molecule has 0 amide bonds. The number of hydrogen-bond donors (Lipinski definition) is 0. The minimum absolute atomic E-state index is 0.597. The van der Waals surface area contributed by atoms with Crippen molar-refractivity contribution in [3.05, 3.63) is 194 Å². The average molecular weight is 853 g/mol. The molecule has 0 saturated heterocycles. The van der Waals surface area contributed by atoms with E-state index < -0.39 is 0 Å². The molecule has 0 atom stereocenters. The molecule has 7 heteroatoms. The molecule has 0 saturated carbocycles. The lowest BCUT2D eigenvalue weighted by Gasteiger charge is -2.10. The Morgan fingerprint density at radius 1 is 0.359 bits per heavy atom. The van der Waals surface area contributed by atoms with Gasteiger partial charge in [0.1, 0.15) is 11.2 Å². The zero-order valence-corrected chi connectivity index (χ0v) is 35.6. The number of para-hydroxylation sites is 2. The van der Waals surface area contributed by atoms with Gasteiger partial charge in [-0.25, -0.2) is 15.0 Å². The molecule has 0 aliphatic rings. The highest BCUT2D eigenvalue weighted by atomic mass is 32.1. The molecule has 0 aliphatic carbocycles. The topological polar surface area (TPSA) is 56.7 Å². The zero-order chi connectivity index (χ0) is 41.9. The molecule has 14 rings (SSSR count). The number of fused-ring (bicyclic) bond motifs is 12. The van der Waals surface area contributed by atoms with E-state index in [2.05, 4.69) is 156 Å². The summed E-state index contributed by atoms with van der Waals surface area (Å²) in [6, 6.07) is 69.1. The molecule has 5 nitrogen and oxygen atoms in total. The number of thiophene rings is 2. The summed E-state index contributed by atoms with van der Waals surface area (Å²) >= 11 is 3.68. The molecule has 0 spiro atoms. The number of nitrogens with zero attached hydrogens (tertiary/aromatic N) is 4. The standard InChI is InChI=1S/C57H32N4OS2/c1-2-12-33(13-3-1)55-58-56(35-24-27-40-39-15-5-8-21-48(39)62-49(40)31-35)60-57(59-55)44-19-11-23-51-53(44)43-28-26-36(32-52(43)63-51)61-46-20-7-4-14-38(46)45-30-34(25-29-47(45)61)37-17-10-18-42-41-16-6-9-22-50(41)64-54(37)42/h1-32H. The van der Waals surface area contributed by atoms with Crippen LogP contribution in [0.2, 0.25) is 0 Å². The van der Waals surface area contributed by atoms with Crippen LogP contribution in [0.3, 0.4) is 0 Å². The van der Waals surface area contributed by atoms with E-state index in [0.29, 0.717) is 17.5 Å². The first kappa shape index (κ1) is 35.6. The third-order valence-corrected chi connectivity index (χ3v) is 15.0. The predicted octanol–water partition coefficient (Wildman–Crippen LogP) is 16.3. The Labute approximate surface area is 373 Å². The highest BCUT2D eigenvalue weighted by Crippen LogP contribution is 2.44. The summed E-state index contributed by atoms with van der Waals surface area (Å²) in [4.78, 5) is 15.4. The summed E-state index contributed by atoms with van der Waals surface area (Å²) in [5.41, 5.74) is 10.4. The van der Waals surface area contributed by atoms with Crippen molar-refractivity contribution in [3.8, 4) is 51.0 Å². The summed E-state index contributed by atoms with van der Waals surface area (Å²) in [7, 11) is 0. The second-order valence-corrected chi connectivity index (χ2v) is 18.4. The molecule has 14 aromatic rings. The van der Waals surface area contributed by atoms with Gasteiger partial charge in [0.25, 0.3) is 0 Å². The summed E-state index contributed by atoms with van der Waals surface area (Å²) < 4.78 is 13.7. The van der Waals surface area contributed by atoms with E-state index in [1.807, 2.05) is 53.8 Å². The van der Waals surface area contributed by atoms with Crippen molar-refractivity contribution in [1.29, 1.82) is 0 Å². The van der Waals surface area contributed by atoms with Gasteiger partial charge in [0, 0.05) is 84.3 Å². The van der Waals surface area contributed by atoms with Crippen LogP contribution >= 0.6 is 22.7 Å². The molecule has 0 radical (unpaired) electrons. The van der Waals surface area contributed by atoms with Crippen molar-refractivity contribution in [1.82, 2.24) is 19.5 Å². The Balaban J connectivity index is 0.916. The molecule has 0 fully saturated rings. The first-order chi connectivity index (χ1) is 31.7. The van der Waals surface area contributed by atoms with Crippen molar-refractivity contribution in [2.75, 3.05) is 0 Å². The van der Waals surface area contributed by atoms with Crippen molar-refractivity contribution in [3.63, 3.8) is 0 Å². The summed E-state index contributed by atoms with van der Waals surface area (Å²) in [6.07, 6.45) is 0. The molecule has 9 aromatic carbocycles. The highest BCUT2D eigenvalue weighted by Gasteiger charge is 2.20. The number of aromatic nitrogens is 4. The number of furan rings is 1. The van der Waals surface area contributed by atoms with E-state index in [4.69, 9.17) is 19.4 Å². The van der Waals surface area contributed by atoms with Crippen LogP contribution in [0.25, 0.3) is 135 Å². The van der Waals surface area contributed by atoms with Gasteiger partial charge in [-0.2, -0.15) is 0 Å². The molecule has 298 valence electrons. The van der Waals surface area contributed by atoms with Crippen molar-refractivity contribution in [2.24, 2.45) is 0 Å². The van der Waals surface area contributed by atoms with Crippen molar-refractivity contribution in [2.45, 2.75) is 0 Å². The molecule has 0 N–H and O–H groups in total. The monoisotopic (exact) mass is 852 g/mol. The SMILES string of the molecule is c1ccc(-c2nc(-c3ccc4c(c3)oc3ccccc34)nc(-c3cccc4sc5cc(-n6c7ccccc7c7cc(-c8cccc9c8sc8ccccc89)ccc76)ccc5c34)n2)cc1. The minimum Gasteiger partial charge on any atom is -0.456 e. The molecular weight excluding hydrogens is 821 g/mol. The van der Waals surface area contributed by atoms with E-state index in [9.17, 15) is 0 Å². The van der Waals surface area contributed by atoms with Gasteiger partial charge in [-0.3, -0.25) is 0 Å². The quantitative estimate of drug-likeness (QED) is 0.173. The second-order valence-electron chi connectivity index (χ2n) is 16.3. The van der Waals surface area contributed by atoms with Crippen LogP contribution in [-0.4, -0.2) is 19.5 Å². The van der Waals surface area contributed by atoms with Gasteiger partial charge in [0.05, 0.1) is 11.0 Å². The maximum atomic E-state index is 6.30. The molecule has 5 heterocycles. The summed E-state index contributed by atoms with van der Waals surface area (Å²) in [6.45, 7) is 0. The smallest absolute Gasteiger partial charge is 0.164 e. The van der Waals surface area contributed by atoms with Crippen LogP contribution in [0.15, 0.2) is 199 Å². The van der Waals surface area contributed by atoms with Gasteiger partial charge < -0.3 is 8.98 Å². The fourth-order valence-corrected chi connectivity index (χ4v) is 12.1.